The lowest BCUT2D eigenvalue weighted by molar-refractivity contribution is -0.136. The van der Waals surface area contributed by atoms with Gasteiger partial charge >= 0.3 is 0 Å². The zero-order chi connectivity index (χ0) is 9.84. The normalized spacial score (nSPS) is 19.1. The van der Waals surface area contributed by atoms with Gasteiger partial charge in [-0.1, -0.05) is 0 Å². The van der Waals surface area contributed by atoms with Gasteiger partial charge in [-0.05, 0) is 39.8 Å². The molecule has 1 amide bonds. The van der Waals surface area contributed by atoms with Gasteiger partial charge in [0.15, 0.2) is 0 Å². The van der Waals surface area contributed by atoms with Gasteiger partial charge in [-0.25, -0.2) is 0 Å². The van der Waals surface area contributed by atoms with Gasteiger partial charge in [-0.15, -0.1) is 0 Å². The van der Waals surface area contributed by atoms with E-state index in [0.29, 0.717) is 11.9 Å². The quantitative estimate of drug-likeness (QED) is 0.690. The molecule has 0 bridgehead atoms. The van der Waals surface area contributed by atoms with Gasteiger partial charge in [0.1, 0.15) is 0 Å². The highest BCUT2D eigenvalue weighted by Gasteiger charge is 2.24. The van der Waals surface area contributed by atoms with E-state index in [1.165, 1.54) is 0 Å². The second kappa shape index (κ2) is 4.61. The van der Waals surface area contributed by atoms with Crippen LogP contribution in [0.4, 0.5) is 0 Å². The van der Waals surface area contributed by atoms with Gasteiger partial charge in [0, 0.05) is 19.0 Å². The Hall–Kier alpha value is -0.570. The lowest BCUT2D eigenvalue weighted by Gasteiger charge is -2.29. The summed E-state index contributed by atoms with van der Waals surface area (Å²) in [6, 6.07) is 0.322. The molecule has 0 radical (unpaired) electrons. The molecule has 1 aliphatic rings. The molecule has 3 heteroatoms. The number of rotatable bonds is 2. The minimum absolute atomic E-state index is 0.258. The van der Waals surface area contributed by atoms with E-state index in [2.05, 4.69) is 19.2 Å². The van der Waals surface area contributed by atoms with Crippen molar-refractivity contribution in [3.63, 3.8) is 0 Å². The number of carbonyl (C=O) groups excluding carboxylic acids is 1. The number of hydrogen-bond acceptors (Lipinski definition) is 2. The Bertz CT molecular complexity index is 174. The molecular weight excluding hydrogens is 164 g/mol. The summed E-state index contributed by atoms with van der Waals surface area (Å²) in [6.45, 7) is 6.09. The van der Waals surface area contributed by atoms with Crippen molar-refractivity contribution in [2.45, 2.75) is 32.7 Å². The average molecular weight is 184 g/mol. The Balaban J connectivity index is 2.45. The highest BCUT2D eigenvalue weighted by molar-refractivity contribution is 5.78. The zero-order valence-electron chi connectivity index (χ0n) is 8.84. The van der Waals surface area contributed by atoms with E-state index in [4.69, 9.17) is 0 Å². The lowest BCUT2D eigenvalue weighted by Crippen LogP contribution is -2.41. The number of nitrogens with one attached hydrogen (secondary N) is 1. The molecule has 1 fully saturated rings. The predicted molar refractivity (Wildman–Crippen MR) is 53.5 cm³/mol. The summed E-state index contributed by atoms with van der Waals surface area (Å²) < 4.78 is 0. The van der Waals surface area contributed by atoms with Gasteiger partial charge in [0.05, 0.1) is 0 Å². The zero-order valence-corrected chi connectivity index (χ0v) is 8.84. The SMILES string of the molecule is CC(C)N(C)C(=O)C1CCNCC1. The van der Waals surface area contributed by atoms with Crippen molar-refractivity contribution in [1.82, 2.24) is 10.2 Å². The molecule has 1 rings (SSSR count). The number of nitrogens with zero attached hydrogens (tertiary/aromatic N) is 1. The Morgan fingerprint density at radius 2 is 1.92 bits per heavy atom. The smallest absolute Gasteiger partial charge is 0.225 e. The van der Waals surface area contributed by atoms with Gasteiger partial charge in [-0.2, -0.15) is 0 Å². The topological polar surface area (TPSA) is 32.3 Å². The summed E-state index contributed by atoms with van der Waals surface area (Å²) in [7, 11) is 1.90. The first-order chi connectivity index (χ1) is 6.13. The van der Waals surface area contributed by atoms with Crippen molar-refractivity contribution in [3.8, 4) is 0 Å². The minimum atomic E-state index is 0.258. The summed E-state index contributed by atoms with van der Waals surface area (Å²) in [6.07, 6.45) is 1.99. The van der Waals surface area contributed by atoms with Crippen LogP contribution >= 0.6 is 0 Å². The number of piperidine rings is 1. The van der Waals surface area contributed by atoms with E-state index < -0.39 is 0 Å². The van der Waals surface area contributed by atoms with Crippen molar-refractivity contribution in [2.24, 2.45) is 5.92 Å². The monoisotopic (exact) mass is 184 g/mol. The third kappa shape index (κ3) is 2.69. The molecule has 0 aromatic rings. The van der Waals surface area contributed by atoms with Gasteiger partial charge in [-0.3, -0.25) is 4.79 Å². The largest absolute Gasteiger partial charge is 0.343 e. The van der Waals surface area contributed by atoms with Crippen molar-refractivity contribution in [1.29, 1.82) is 0 Å². The molecule has 3 nitrogen and oxygen atoms in total. The van der Waals surface area contributed by atoms with E-state index >= 15 is 0 Å². The molecule has 1 aliphatic heterocycles. The molecule has 1 heterocycles. The maximum atomic E-state index is 11.8. The molecule has 1 saturated heterocycles. The molecule has 0 spiro atoms. The summed E-state index contributed by atoms with van der Waals surface area (Å²) in [5.74, 6) is 0.574. The highest BCUT2D eigenvalue weighted by Crippen LogP contribution is 2.15. The van der Waals surface area contributed by atoms with Gasteiger partial charge in [0.25, 0.3) is 0 Å². The molecular formula is C10H20N2O. The van der Waals surface area contributed by atoms with Crippen LogP contribution < -0.4 is 5.32 Å². The van der Waals surface area contributed by atoms with Crippen LogP contribution in [0, 0.1) is 5.92 Å². The highest BCUT2D eigenvalue weighted by atomic mass is 16.2. The van der Waals surface area contributed by atoms with Crippen LogP contribution in [-0.2, 0) is 4.79 Å². The van der Waals surface area contributed by atoms with E-state index in [1.54, 1.807) is 0 Å². The van der Waals surface area contributed by atoms with Crippen LogP contribution in [0.2, 0.25) is 0 Å². The minimum Gasteiger partial charge on any atom is -0.343 e. The second-order valence-electron chi connectivity index (χ2n) is 4.07. The molecule has 0 aromatic heterocycles. The fourth-order valence-electron chi connectivity index (χ4n) is 1.61. The Labute approximate surface area is 80.5 Å². The number of hydrogen-bond donors (Lipinski definition) is 1. The Kier molecular flexibility index (Phi) is 3.72. The number of amides is 1. The summed E-state index contributed by atoms with van der Waals surface area (Å²) in [5, 5.41) is 3.27. The summed E-state index contributed by atoms with van der Waals surface area (Å²) >= 11 is 0. The molecule has 0 atom stereocenters. The van der Waals surface area contributed by atoms with Crippen molar-refractivity contribution < 1.29 is 4.79 Å². The molecule has 0 saturated carbocycles. The maximum absolute atomic E-state index is 11.8. The summed E-state index contributed by atoms with van der Waals surface area (Å²) in [5.41, 5.74) is 0. The Morgan fingerprint density at radius 3 is 2.38 bits per heavy atom. The average Bonchev–Trinajstić information content (AvgIpc) is 2.17. The van der Waals surface area contributed by atoms with Crippen LogP contribution in [-0.4, -0.2) is 37.0 Å². The van der Waals surface area contributed by atoms with Crippen LogP contribution in [0.25, 0.3) is 0 Å². The van der Waals surface area contributed by atoms with E-state index in [0.717, 1.165) is 25.9 Å². The van der Waals surface area contributed by atoms with Crippen LogP contribution in [0.15, 0.2) is 0 Å². The molecule has 0 aliphatic carbocycles. The fourth-order valence-corrected chi connectivity index (χ4v) is 1.61. The van der Waals surface area contributed by atoms with E-state index in [-0.39, 0.29) is 5.92 Å². The van der Waals surface area contributed by atoms with Gasteiger partial charge in [0.2, 0.25) is 5.91 Å². The van der Waals surface area contributed by atoms with Crippen molar-refractivity contribution >= 4 is 5.91 Å². The van der Waals surface area contributed by atoms with Crippen LogP contribution in [0.5, 0.6) is 0 Å². The molecule has 1 N–H and O–H groups in total. The first kappa shape index (κ1) is 10.5. The van der Waals surface area contributed by atoms with Gasteiger partial charge < -0.3 is 10.2 Å². The van der Waals surface area contributed by atoms with Crippen LogP contribution in [0.1, 0.15) is 26.7 Å². The Morgan fingerprint density at radius 1 is 1.38 bits per heavy atom. The standard InChI is InChI=1S/C10H20N2O/c1-8(2)12(3)10(13)9-4-6-11-7-5-9/h8-9,11H,4-7H2,1-3H3. The fraction of sp³-hybridized carbons (Fsp3) is 0.900. The summed E-state index contributed by atoms with van der Waals surface area (Å²) in [4.78, 5) is 13.7. The third-order valence-electron chi connectivity index (χ3n) is 2.81. The maximum Gasteiger partial charge on any atom is 0.225 e. The van der Waals surface area contributed by atoms with Crippen molar-refractivity contribution in [2.75, 3.05) is 20.1 Å². The van der Waals surface area contributed by atoms with Crippen molar-refractivity contribution in [3.05, 3.63) is 0 Å². The van der Waals surface area contributed by atoms with E-state index in [9.17, 15) is 4.79 Å². The number of carbonyl (C=O) groups is 1. The first-order valence-corrected chi connectivity index (χ1v) is 5.10. The predicted octanol–water partition coefficient (Wildman–Crippen LogP) is 0.853. The lowest BCUT2D eigenvalue weighted by atomic mass is 9.96. The molecule has 0 aromatic carbocycles. The third-order valence-corrected chi connectivity index (χ3v) is 2.81. The molecule has 13 heavy (non-hydrogen) atoms. The molecule has 76 valence electrons. The first-order valence-electron chi connectivity index (χ1n) is 5.10. The molecule has 0 unspecified atom stereocenters. The second-order valence-corrected chi connectivity index (χ2v) is 4.07. The van der Waals surface area contributed by atoms with Crippen LogP contribution in [0.3, 0.4) is 0 Å². The van der Waals surface area contributed by atoms with E-state index in [1.807, 2.05) is 11.9 Å².